The standard InChI is InChI=1S/C13H20N2O2S2/c1-9(2)15-13(11(16)17-3)5-4-10(8-13)19-12-14-6-7-18-12/h6-7,9-10,15H,4-5,8H2,1-3H3. The highest BCUT2D eigenvalue weighted by Crippen LogP contribution is 2.41. The van der Waals surface area contributed by atoms with Crippen LogP contribution in [0.5, 0.6) is 0 Å². The number of aromatic nitrogens is 1. The van der Waals surface area contributed by atoms with Gasteiger partial charge in [-0.15, -0.1) is 11.3 Å². The molecule has 1 N–H and O–H groups in total. The number of nitrogens with one attached hydrogen (secondary N) is 1. The number of hydrogen-bond acceptors (Lipinski definition) is 6. The van der Waals surface area contributed by atoms with Crippen LogP contribution in [0.4, 0.5) is 0 Å². The van der Waals surface area contributed by atoms with Crippen molar-refractivity contribution in [3.63, 3.8) is 0 Å². The van der Waals surface area contributed by atoms with E-state index in [4.69, 9.17) is 4.74 Å². The Kier molecular flexibility index (Phi) is 4.86. The number of hydrogen-bond donors (Lipinski definition) is 1. The van der Waals surface area contributed by atoms with Crippen LogP contribution in [0, 0.1) is 0 Å². The summed E-state index contributed by atoms with van der Waals surface area (Å²) in [5, 5.41) is 5.82. The van der Waals surface area contributed by atoms with Gasteiger partial charge in [-0.3, -0.25) is 10.1 Å². The third-order valence-electron chi connectivity index (χ3n) is 3.29. The Labute approximate surface area is 122 Å². The maximum absolute atomic E-state index is 12.1. The molecule has 0 radical (unpaired) electrons. The molecule has 0 aliphatic heterocycles. The lowest BCUT2D eigenvalue weighted by molar-refractivity contribution is -0.148. The second-order valence-electron chi connectivity index (χ2n) is 5.15. The molecule has 1 aliphatic rings. The van der Waals surface area contributed by atoms with Gasteiger partial charge in [-0.1, -0.05) is 11.8 Å². The van der Waals surface area contributed by atoms with Crippen molar-refractivity contribution in [1.82, 2.24) is 10.3 Å². The Bertz CT molecular complexity index is 422. The smallest absolute Gasteiger partial charge is 0.326 e. The minimum atomic E-state index is -0.516. The molecule has 19 heavy (non-hydrogen) atoms. The summed E-state index contributed by atoms with van der Waals surface area (Å²) in [7, 11) is 1.47. The average molecular weight is 300 g/mol. The Morgan fingerprint density at radius 3 is 3.05 bits per heavy atom. The minimum absolute atomic E-state index is 0.136. The predicted octanol–water partition coefficient (Wildman–Crippen LogP) is 2.70. The Balaban J connectivity index is 2.04. The molecule has 1 fully saturated rings. The van der Waals surface area contributed by atoms with Crippen molar-refractivity contribution in [3.05, 3.63) is 11.6 Å². The zero-order chi connectivity index (χ0) is 13.9. The summed E-state index contributed by atoms with van der Waals surface area (Å²) in [6.07, 6.45) is 4.48. The van der Waals surface area contributed by atoms with Crippen molar-refractivity contribution < 1.29 is 9.53 Å². The van der Waals surface area contributed by atoms with Gasteiger partial charge in [0.2, 0.25) is 0 Å². The van der Waals surface area contributed by atoms with Gasteiger partial charge in [0.05, 0.1) is 7.11 Å². The topological polar surface area (TPSA) is 51.2 Å². The number of carbonyl (C=O) groups is 1. The molecule has 6 heteroatoms. The molecule has 1 aromatic rings. The molecule has 2 atom stereocenters. The molecule has 4 nitrogen and oxygen atoms in total. The van der Waals surface area contributed by atoms with Crippen molar-refractivity contribution in [3.8, 4) is 0 Å². The van der Waals surface area contributed by atoms with Crippen molar-refractivity contribution >= 4 is 29.1 Å². The molecule has 0 aromatic carbocycles. The summed E-state index contributed by atoms with van der Waals surface area (Å²) in [6, 6.07) is 0.266. The highest BCUT2D eigenvalue weighted by atomic mass is 32.2. The lowest BCUT2D eigenvalue weighted by atomic mass is 9.97. The minimum Gasteiger partial charge on any atom is -0.468 e. The normalized spacial score (nSPS) is 26.8. The third kappa shape index (κ3) is 3.49. The van der Waals surface area contributed by atoms with Gasteiger partial charge >= 0.3 is 5.97 Å². The number of carbonyl (C=O) groups excluding carboxylic acids is 1. The molecule has 0 saturated heterocycles. The van der Waals surface area contributed by atoms with Crippen LogP contribution in [0.3, 0.4) is 0 Å². The highest BCUT2D eigenvalue weighted by molar-refractivity contribution is 8.01. The first-order valence-corrected chi connectivity index (χ1v) is 8.24. The summed E-state index contributed by atoms with van der Waals surface area (Å²) < 4.78 is 6.08. The van der Waals surface area contributed by atoms with E-state index in [0.29, 0.717) is 5.25 Å². The zero-order valence-corrected chi connectivity index (χ0v) is 13.1. The molecular weight excluding hydrogens is 280 g/mol. The Morgan fingerprint density at radius 1 is 1.68 bits per heavy atom. The fourth-order valence-electron chi connectivity index (χ4n) is 2.64. The van der Waals surface area contributed by atoms with Gasteiger partial charge < -0.3 is 4.74 Å². The van der Waals surface area contributed by atoms with Crippen LogP contribution >= 0.6 is 23.1 Å². The predicted molar refractivity (Wildman–Crippen MR) is 78.6 cm³/mol. The molecule has 1 saturated carbocycles. The molecule has 0 bridgehead atoms. The first-order valence-electron chi connectivity index (χ1n) is 6.48. The maximum atomic E-state index is 12.1. The van der Waals surface area contributed by atoms with E-state index in [9.17, 15) is 4.79 Å². The van der Waals surface area contributed by atoms with E-state index < -0.39 is 5.54 Å². The molecule has 106 valence electrons. The number of thioether (sulfide) groups is 1. The van der Waals surface area contributed by atoms with Crippen LogP contribution < -0.4 is 5.32 Å². The summed E-state index contributed by atoms with van der Waals surface area (Å²) >= 11 is 3.43. The molecular formula is C13H20N2O2S2. The lowest BCUT2D eigenvalue weighted by Crippen LogP contribution is -2.53. The van der Waals surface area contributed by atoms with Gasteiger partial charge in [0.15, 0.2) is 0 Å². The van der Waals surface area contributed by atoms with Crippen LogP contribution in [0.1, 0.15) is 33.1 Å². The Morgan fingerprint density at radius 2 is 2.47 bits per heavy atom. The fourth-order valence-corrected chi connectivity index (χ4v) is 4.80. The van der Waals surface area contributed by atoms with E-state index >= 15 is 0 Å². The SMILES string of the molecule is COC(=O)C1(NC(C)C)CCC(Sc2nccs2)C1. The van der Waals surface area contributed by atoms with Gasteiger partial charge in [-0.2, -0.15) is 0 Å². The number of methoxy groups -OCH3 is 1. The Hall–Kier alpha value is -0.590. The van der Waals surface area contributed by atoms with Gasteiger partial charge in [0.25, 0.3) is 0 Å². The lowest BCUT2D eigenvalue weighted by Gasteiger charge is -2.30. The number of esters is 1. The van der Waals surface area contributed by atoms with E-state index in [1.54, 1.807) is 23.1 Å². The number of rotatable bonds is 5. The van der Waals surface area contributed by atoms with Gasteiger partial charge in [-0.05, 0) is 33.1 Å². The molecule has 0 amide bonds. The molecule has 1 aliphatic carbocycles. The first-order chi connectivity index (χ1) is 9.05. The van der Waals surface area contributed by atoms with Crippen LogP contribution in [-0.4, -0.2) is 34.9 Å². The van der Waals surface area contributed by atoms with Gasteiger partial charge in [-0.25, -0.2) is 4.98 Å². The molecule has 1 heterocycles. The van der Waals surface area contributed by atoms with Crippen molar-refractivity contribution in [2.24, 2.45) is 0 Å². The van der Waals surface area contributed by atoms with E-state index in [1.807, 2.05) is 11.6 Å². The second-order valence-corrected chi connectivity index (χ2v) is 7.60. The van der Waals surface area contributed by atoms with Gasteiger partial charge in [0, 0.05) is 22.9 Å². The molecule has 2 rings (SSSR count). The van der Waals surface area contributed by atoms with Crippen molar-refractivity contribution in [1.29, 1.82) is 0 Å². The van der Waals surface area contributed by atoms with E-state index in [1.165, 1.54) is 7.11 Å². The van der Waals surface area contributed by atoms with E-state index in [2.05, 4.69) is 24.1 Å². The van der Waals surface area contributed by atoms with Crippen molar-refractivity contribution in [2.75, 3.05) is 7.11 Å². The summed E-state index contributed by atoms with van der Waals surface area (Å²) in [5.74, 6) is -0.136. The summed E-state index contributed by atoms with van der Waals surface area (Å²) in [4.78, 5) is 16.4. The molecule has 1 aromatic heterocycles. The fraction of sp³-hybridized carbons (Fsp3) is 0.692. The van der Waals surface area contributed by atoms with Crippen molar-refractivity contribution in [2.45, 2.75) is 54.3 Å². The molecule has 2 unspecified atom stereocenters. The highest BCUT2D eigenvalue weighted by Gasteiger charge is 2.46. The monoisotopic (exact) mass is 300 g/mol. The van der Waals surface area contributed by atoms with Gasteiger partial charge in [0.1, 0.15) is 9.88 Å². The third-order valence-corrected chi connectivity index (χ3v) is 5.47. The van der Waals surface area contributed by atoms with E-state index in [0.717, 1.165) is 23.6 Å². The van der Waals surface area contributed by atoms with Crippen LogP contribution in [0.25, 0.3) is 0 Å². The second kappa shape index (κ2) is 6.24. The quantitative estimate of drug-likeness (QED) is 0.847. The largest absolute Gasteiger partial charge is 0.468 e. The number of thiazole rings is 1. The first kappa shape index (κ1) is 14.8. The van der Waals surface area contributed by atoms with Crippen LogP contribution in [-0.2, 0) is 9.53 Å². The average Bonchev–Trinajstić information content (AvgIpc) is 2.99. The number of ether oxygens (including phenoxy) is 1. The molecule has 0 spiro atoms. The van der Waals surface area contributed by atoms with E-state index in [-0.39, 0.29) is 12.0 Å². The summed E-state index contributed by atoms with van der Waals surface area (Å²) in [5.41, 5.74) is -0.516. The summed E-state index contributed by atoms with van der Waals surface area (Å²) in [6.45, 7) is 4.12. The van der Waals surface area contributed by atoms with Crippen LogP contribution in [0.15, 0.2) is 15.9 Å². The number of nitrogens with zero attached hydrogens (tertiary/aromatic N) is 1. The zero-order valence-electron chi connectivity index (χ0n) is 11.5. The maximum Gasteiger partial charge on any atom is 0.326 e. The van der Waals surface area contributed by atoms with Crippen LogP contribution in [0.2, 0.25) is 0 Å².